The second kappa shape index (κ2) is 3.45. The molecule has 0 aliphatic carbocycles. The Kier molecular flexibility index (Phi) is 2.55. The standard InChI is InChI=1S/C9H13NO2/c1-2-6(10)9-7(11)4-3-5-8(9)12/h3-6,11-12H,2,10H2,1H3. The van der Waals surface area contributed by atoms with Gasteiger partial charge < -0.3 is 15.9 Å². The summed E-state index contributed by atoms with van der Waals surface area (Å²) in [6.07, 6.45) is 0.686. The maximum Gasteiger partial charge on any atom is 0.124 e. The molecule has 0 aliphatic heterocycles. The minimum Gasteiger partial charge on any atom is -0.507 e. The molecule has 1 aromatic carbocycles. The van der Waals surface area contributed by atoms with Gasteiger partial charge in [0.05, 0.1) is 5.56 Å². The summed E-state index contributed by atoms with van der Waals surface area (Å²) in [7, 11) is 0. The average Bonchev–Trinajstić information content (AvgIpc) is 2.03. The number of nitrogens with two attached hydrogens (primary N) is 1. The number of rotatable bonds is 2. The molecule has 0 bridgehead atoms. The summed E-state index contributed by atoms with van der Waals surface area (Å²) in [5, 5.41) is 18.7. The summed E-state index contributed by atoms with van der Waals surface area (Å²) >= 11 is 0. The van der Waals surface area contributed by atoms with E-state index in [2.05, 4.69) is 0 Å². The van der Waals surface area contributed by atoms with Gasteiger partial charge in [-0.2, -0.15) is 0 Å². The molecule has 1 atom stereocenters. The number of aromatic hydroxyl groups is 2. The van der Waals surface area contributed by atoms with Gasteiger partial charge in [0.1, 0.15) is 11.5 Å². The Bertz CT molecular complexity index is 253. The van der Waals surface area contributed by atoms with E-state index in [4.69, 9.17) is 5.73 Å². The molecule has 0 amide bonds. The fourth-order valence-corrected chi connectivity index (χ4v) is 1.13. The summed E-state index contributed by atoms with van der Waals surface area (Å²) in [5.41, 5.74) is 6.11. The Morgan fingerprint density at radius 2 is 1.83 bits per heavy atom. The summed E-state index contributed by atoms with van der Waals surface area (Å²) in [5.74, 6) is 0.119. The number of phenolic OH excluding ortho intramolecular Hbond substituents is 2. The van der Waals surface area contributed by atoms with E-state index in [0.29, 0.717) is 12.0 Å². The van der Waals surface area contributed by atoms with Crippen molar-refractivity contribution >= 4 is 0 Å². The molecule has 0 fully saturated rings. The Morgan fingerprint density at radius 3 is 2.25 bits per heavy atom. The van der Waals surface area contributed by atoms with Crippen molar-refractivity contribution in [2.45, 2.75) is 19.4 Å². The second-order valence-electron chi connectivity index (χ2n) is 2.72. The summed E-state index contributed by atoms with van der Waals surface area (Å²) < 4.78 is 0. The molecule has 0 radical (unpaired) electrons. The third-order valence-electron chi connectivity index (χ3n) is 1.87. The highest BCUT2D eigenvalue weighted by Crippen LogP contribution is 2.32. The van der Waals surface area contributed by atoms with Gasteiger partial charge in [-0.3, -0.25) is 0 Å². The van der Waals surface area contributed by atoms with E-state index in [-0.39, 0.29) is 17.5 Å². The van der Waals surface area contributed by atoms with E-state index in [1.54, 1.807) is 6.07 Å². The van der Waals surface area contributed by atoms with Gasteiger partial charge in [0.25, 0.3) is 0 Å². The molecule has 0 aliphatic rings. The van der Waals surface area contributed by atoms with Crippen molar-refractivity contribution in [3.63, 3.8) is 0 Å². The zero-order valence-electron chi connectivity index (χ0n) is 6.99. The van der Waals surface area contributed by atoms with E-state index in [1.807, 2.05) is 6.92 Å². The van der Waals surface area contributed by atoms with Crippen molar-refractivity contribution in [2.75, 3.05) is 0 Å². The van der Waals surface area contributed by atoms with E-state index < -0.39 is 0 Å². The highest BCUT2D eigenvalue weighted by Gasteiger charge is 2.12. The fourth-order valence-electron chi connectivity index (χ4n) is 1.13. The van der Waals surface area contributed by atoms with Crippen LogP contribution in [-0.2, 0) is 0 Å². The first-order chi connectivity index (χ1) is 5.66. The number of phenols is 2. The Balaban J connectivity index is 3.12. The molecular weight excluding hydrogens is 154 g/mol. The van der Waals surface area contributed by atoms with Crippen LogP contribution in [0.4, 0.5) is 0 Å². The predicted molar refractivity (Wildman–Crippen MR) is 47.0 cm³/mol. The molecule has 66 valence electrons. The van der Waals surface area contributed by atoms with Gasteiger partial charge in [-0.15, -0.1) is 0 Å². The quantitative estimate of drug-likeness (QED) is 0.625. The van der Waals surface area contributed by atoms with Gasteiger partial charge in [-0.1, -0.05) is 13.0 Å². The SMILES string of the molecule is CCC(N)c1c(O)cccc1O. The van der Waals surface area contributed by atoms with Crippen molar-refractivity contribution in [1.29, 1.82) is 0 Å². The monoisotopic (exact) mass is 167 g/mol. The first kappa shape index (κ1) is 8.87. The van der Waals surface area contributed by atoms with Crippen LogP contribution < -0.4 is 5.73 Å². The molecule has 1 rings (SSSR count). The van der Waals surface area contributed by atoms with Crippen molar-refractivity contribution in [1.82, 2.24) is 0 Å². The van der Waals surface area contributed by atoms with Crippen molar-refractivity contribution in [2.24, 2.45) is 5.73 Å². The molecule has 3 nitrogen and oxygen atoms in total. The average molecular weight is 167 g/mol. The summed E-state index contributed by atoms with van der Waals surface area (Å²) in [6.45, 7) is 1.90. The van der Waals surface area contributed by atoms with Crippen LogP contribution in [0.2, 0.25) is 0 Å². The Labute approximate surface area is 71.5 Å². The van der Waals surface area contributed by atoms with Gasteiger partial charge >= 0.3 is 0 Å². The predicted octanol–water partition coefficient (Wildman–Crippen LogP) is 1.51. The zero-order chi connectivity index (χ0) is 9.14. The van der Waals surface area contributed by atoms with Crippen LogP contribution in [-0.4, -0.2) is 10.2 Å². The van der Waals surface area contributed by atoms with Crippen LogP contribution in [0, 0.1) is 0 Å². The number of benzene rings is 1. The van der Waals surface area contributed by atoms with Gasteiger partial charge in [0.15, 0.2) is 0 Å². The Hall–Kier alpha value is -1.22. The summed E-state index contributed by atoms with van der Waals surface area (Å²) in [6, 6.07) is 4.32. The van der Waals surface area contributed by atoms with E-state index in [0.717, 1.165) is 0 Å². The minimum absolute atomic E-state index is 0.0596. The third-order valence-corrected chi connectivity index (χ3v) is 1.87. The molecule has 0 saturated carbocycles. The molecule has 12 heavy (non-hydrogen) atoms. The largest absolute Gasteiger partial charge is 0.507 e. The van der Waals surface area contributed by atoms with Crippen molar-refractivity contribution in [3.8, 4) is 11.5 Å². The van der Waals surface area contributed by atoms with E-state index >= 15 is 0 Å². The maximum absolute atomic E-state index is 9.35. The molecule has 0 aromatic heterocycles. The van der Waals surface area contributed by atoms with Crippen LogP contribution in [0.15, 0.2) is 18.2 Å². The second-order valence-corrected chi connectivity index (χ2v) is 2.72. The molecule has 0 saturated heterocycles. The van der Waals surface area contributed by atoms with Crippen LogP contribution in [0.25, 0.3) is 0 Å². The maximum atomic E-state index is 9.35. The normalized spacial score (nSPS) is 12.8. The van der Waals surface area contributed by atoms with E-state index in [1.165, 1.54) is 12.1 Å². The highest BCUT2D eigenvalue weighted by molar-refractivity contribution is 5.44. The minimum atomic E-state index is -0.300. The van der Waals surface area contributed by atoms with Crippen LogP contribution >= 0.6 is 0 Å². The lowest BCUT2D eigenvalue weighted by Crippen LogP contribution is -2.08. The Morgan fingerprint density at radius 1 is 1.33 bits per heavy atom. The smallest absolute Gasteiger partial charge is 0.124 e. The lowest BCUT2D eigenvalue weighted by atomic mass is 10.0. The topological polar surface area (TPSA) is 66.5 Å². The third kappa shape index (κ3) is 1.51. The molecule has 1 aromatic rings. The zero-order valence-corrected chi connectivity index (χ0v) is 6.99. The molecule has 3 heteroatoms. The highest BCUT2D eigenvalue weighted by atomic mass is 16.3. The van der Waals surface area contributed by atoms with E-state index in [9.17, 15) is 10.2 Å². The first-order valence-electron chi connectivity index (χ1n) is 3.93. The molecule has 4 N–H and O–H groups in total. The van der Waals surface area contributed by atoms with Gasteiger partial charge in [-0.05, 0) is 18.6 Å². The summed E-state index contributed by atoms with van der Waals surface area (Å²) in [4.78, 5) is 0. The molecule has 0 spiro atoms. The van der Waals surface area contributed by atoms with Gasteiger partial charge in [0.2, 0.25) is 0 Å². The fraction of sp³-hybridized carbons (Fsp3) is 0.333. The molecular formula is C9H13NO2. The van der Waals surface area contributed by atoms with Crippen LogP contribution in [0.3, 0.4) is 0 Å². The van der Waals surface area contributed by atoms with Crippen LogP contribution in [0.1, 0.15) is 24.9 Å². The number of hydrogen-bond acceptors (Lipinski definition) is 3. The van der Waals surface area contributed by atoms with Crippen molar-refractivity contribution < 1.29 is 10.2 Å². The lowest BCUT2D eigenvalue weighted by Gasteiger charge is -2.12. The van der Waals surface area contributed by atoms with Crippen LogP contribution in [0.5, 0.6) is 11.5 Å². The molecule has 1 unspecified atom stereocenters. The first-order valence-corrected chi connectivity index (χ1v) is 3.93. The van der Waals surface area contributed by atoms with Gasteiger partial charge in [-0.25, -0.2) is 0 Å². The lowest BCUT2D eigenvalue weighted by molar-refractivity contribution is 0.427. The number of hydrogen-bond donors (Lipinski definition) is 3. The van der Waals surface area contributed by atoms with Gasteiger partial charge in [0, 0.05) is 6.04 Å². The van der Waals surface area contributed by atoms with Crippen molar-refractivity contribution in [3.05, 3.63) is 23.8 Å². The molecule has 0 heterocycles.